The van der Waals surface area contributed by atoms with E-state index >= 15 is 0 Å². The normalized spacial score (nSPS) is 11.4. The molecule has 0 bridgehead atoms. The largest absolute Gasteiger partial charge is 0.253 e. The number of hydrogen-bond acceptors (Lipinski definition) is 6. The third kappa shape index (κ3) is 4.10. The molecule has 0 aliphatic heterocycles. The van der Waals surface area contributed by atoms with Crippen LogP contribution >= 0.6 is 27.5 Å². The van der Waals surface area contributed by atoms with Gasteiger partial charge in [-0.3, -0.25) is 9.97 Å². The quantitative estimate of drug-likeness (QED) is 0.244. The Balaban J connectivity index is 1.51. The van der Waals surface area contributed by atoms with Gasteiger partial charge in [0.15, 0.2) is 0 Å². The number of fused-ring (bicyclic) bond motifs is 2. The Morgan fingerprint density at radius 2 is 1.68 bits per heavy atom. The lowest BCUT2D eigenvalue weighted by molar-refractivity contribution is 1.16. The predicted molar refractivity (Wildman–Crippen MR) is 128 cm³/mol. The van der Waals surface area contributed by atoms with Gasteiger partial charge in [0.1, 0.15) is 0 Å². The molecule has 0 saturated heterocycles. The van der Waals surface area contributed by atoms with Crippen molar-refractivity contribution in [1.29, 1.82) is 0 Å². The van der Waals surface area contributed by atoms with Crippen molar-refractivity contribution in [2.24, 2.45) is 5.10 Å². The summed E-state index contributed by atoms with van der Waals surface area (Å²) in [7, 11) is 0. The summed E-state index contributed by atoms with van der Waals surface area (Å²) in [5.74, 6) is 0.376. The number of hydrazone groups is 1. The molecule has 0 saturated carbocycles. The van der Waals surface area contributed by atoms with E-state index in [9.17, 15) is 0 Å². The lowest BCUT2D eigenvalue weighted by atomic mass is 10.1. The van der Waals surface area contributed by atoms with Gasteiger partial charge in [-0.15, -0.1) is 0 Å². The summed E-state index contributed by atoms with van der Waals surface area (Å²) in [6, 6.07) is 19.2. The van der Waals surface area contributed by atoms with Crippen molar-refractivity contribution in [2.45, 2.75) is 0 Å². The van der Waals surface area contributed by atoms with Crippen molar-refractivity contribution in [1.82, 2.24) is 19.9 Å². The average Bonchev–Trinajstić information content (AvgIpc) is 2.79. The SMILES string of the molecule is Clc1ccccc1-c1nc(N/N=C\c2ccc3nccnc3c2)nc2ccc(Br)cc12. The van der Waals surface area contributed by atoms with Crippen LogP contribution in [0.5, 0.6) is 0 Å². The minimum Gasteiger partial charge on any atom is -0.253 e. The van der Waals surface area contributed by atoms with Crippen molar-refractivity contribution in [3.05, 3.63) is 88.1 Å². The zero-order valence-electron chi connectivity index (χ0n) is 16.0. The Kier molecular flexibility index (Phi) is 5.28. The molecule has 3 aromatic carbocycles. The van der Waals surface area contributed by atoms with Gasteiger partial charge in [0, 0.05) is 32.8 Å². The van der Waals surface area contributed by atoms with Gasteiger partial charge in [0.05, 0.1) is 28.5 Å². The van der Waals surface area contributed by atoms with E-state index < -0.39 is 0 Å². The standard InChI is InChI=1S/C23H14BrClN6/c24-15-6-8-19-17(12-15)22(16-3-1-2-4-18(16)25)30-23(29-19)31-28-13-14-5-7-20-21(11-14)27-10-9-26-20/h1-13H,(H,29,30,31)/b28-13-. The molecule has 0 atom stereocenters. The second-order valence-corrected chi connectivity index (χ2v) is 8.03. The molecule has 1 N–H and O–H groups in total. The van der Waals surface area contributed by atoms with Gasteiger partial charge in [0.2, 0.25) is 5.95 Å². The van der Waals surface area contributed by atoms with Crippen LogP contribution in [0.1, 0.15) is 5.56 Å². The maximum Gasteiger partial charge on any atom is 0.244 e. The van der Waals surface area contributed by atoms with Gasteiger partial charge < -0.3 is 0 Å². The summed E-state index contributed by atoms with van der Waals surface area (Å²) >= 11 is 9.97. The summed E-state index contributed by atoms with van der Waals surface area (Å²) in [6.45, 7) is 0. The van der Waals surface area contributed by atoms with Gasteiger partial charge in [-0.1, -0.05) is 51.8 Å². The summed E-state index contributed by atoms with van der Waals surface area (Å²) in [6.07, 6.45) is 5.03. The molecule has 0 fully saturated rings. The number of hydrogen-bond donors (Lipinski definition) is 1. The molecule has 150 valence electrons. The number of halogens is 2. The first kappa shape index (κ1) is 19.5. The second kappa shape index (κ2) is 8.37. The van der Waals surface area contributed by atoms with Crippen LogP contribution in [0.4, 0.5) is 5.95 Å². The van der Waals surface area contributed by atoms with Crippen molar-refractivity contribution in [3.63, 3.8) is 0 Å². The molecule has 0 aliphatic rings. The first-order valence-electron chi connectivity index (χ1n) is 9.39. The van der Waals surface area contributed by atoms with E-state index in [0.29, 0.717) is 11.0 Å². The van der Waals surface area contributed by atoms with Crippen molar-refractivity contribution in [2.75, 3.05) is 5.43 Å². The van der Waals surface area contributed by atoms with Crippen LogP contribution in [0.15, 0.2) is 82.6 Å². The zero-order chi connectivity index (χ0) is 21.2. The Bertz CT molecular complexity index is 1450. The Hall–Kier alpha value is -3.42. The Morgan fingerprint density at radius 3 is 2.55 bits per heavy atom. The average molecular weight is 490 g/mol. The first-order chi connectivity index (χ1) is 15.2. The van der Waals surface area contributed by atoms with Gasteiger partial charge in [-0.2, -0.15) is 5.10 Å². The van der Waals surface area contributed by atoms with E-state index in [1.165, 1.54) is 0 Å². The molecule has 0 spiro atoms. The molecule has 0 unspecified atom stereocenters. The van der Waals surface area contributed by atoms with E-state index in [2.05, 4.69) is 41.4 Å². The third-order valence-corrected chi connectivity index (χ3v) is 5.48. The van der Waals surface area contributed by atoms with Crippen LogP contribution in [-0.4, -0.2) is 26.2 Å². The maximum absolute atomic E-state index is 6.45. The molecule has 2 aromatic heterocycles. The summed E-state index contributed by atoms with van der Waals surface area (Å²) in [5, 5.41) is 5.82. The van der Waals surface area contributed by atoms with Crippen molar-refractivity contribution >= 4 is 61.6 Å². The van der Waals surface area contributed by atoms with Crippen LogP contribution in [0.2, 0.25) is 5.02 Å². The van der Waals surface area contributed by atoms with Crippen LogP contribution < -0.4 is 5.43 Å². The molecule has 2 heterocycles. The first-order valence-corrected chi connectivity index (χ1v) is 10.6. The second-order valence-electron chi connectivity index (χ2n) is 6.71. The molecule has 0 amide bonds. The molecule has 6 nitrogen and oxygen atoms in total. The van der Waals surface area contributed by atoms with Gasteiger partial charge in [-0.25, -0.2) is 15.4 Å². The molecule has 8 heteroatoms. The van der Waals surface area contributed by atoms with Crippen LogP contribution in [0.3, 0.4) is 0 Å². The van der Waals surface area contributed by atoms with Gasteiger partial charge in [-0.05, 0) is 42.0 Å². The molecule has 0 radical (unpaired) electrons. The zero-order valence-corrected chi connectivity index (χ0v) is 18.3. The minimum atomic E-state index is 0.376. The van der Waals surface area contributed by atoms with Gasteiger partial charge >= 0.3 is 0 Å². The molecule has 5 rings (SSSR count). The van der Waals surface area contributed by atoms with E-state index in [-0.39, 0.29) is 0 Å². The predicted octanol–water partition coefficient (Wildman–Crippen LogP) is 6.10. The highest BCUT2D eigenvalue weighted by Gasteiger charge is 2.12. The number of rotatable bonds is 4. The fourth-order valence-electron chi connectivity index (χ4n) is 3.23. The smallest absolute Gasteiger partial charge is 0.244 e. The van der Waals surface area contributed by atoms with E-state index in [1.54, 1.807) is 18.6 Å². The summed E-state index contributed by atoms with van der Waals surface area (Å²) < 4.78 is 0.940. The fourth-order valence-corrected chi connectivity index (χ4v) is 3.82. The highest BCUT2D eigenvalue weighted by atomic mass is 79.9. The van der Waals surface area contributed by atoms with E-state index in [4.69, 9.17) is 16.6 Å². The fraction of sp³-hybridized carbons (Fsp3) is 0. The van der Waals surface area contributed by atoms with E-state index in [0.717, 1.165) is 43.2 Å². The number of nitrogens with zero attached hydrogens (tertiary/aromatic N) is 5. The Labute approximate surface area is 191 Å². The Morgan fingerprint density at radius 1 is 0.871 bits per heavy atom. The van der Waals surface area contributed by atoms with Crippen molar-refractivity contribution in [3.8, 4) is 11.3 Å². The highest BCUT2D eigenvalue weighted by molar-refractivity contribution is 9.10. The van der Waals surface area contributed by atoms with Crippen LogP contribution in [0, 0.1) is 0 Å². The number of benzene rings is 3. The van der Waals surface area contributed by atoms with E-state index in [1.807, 2.05) is 60.7 Å². The number of aromatic nitrogens is 4. The molecular weight excluding hydrogens is 476 g/mol. The van der Waals surface area contributed by atoms with Gasteiger partial charge in [0.25, 0.3) is 0 Å². The highest BCUT2D eigenvalue weighted by Crippen LogP contribution is 2.33. The number of anilines is 1. The topological polar surface area (TPSA) is 76.0 Å². The van der Waals surface area contributed by atoms with Crippen LogP contribution in [0.25, 0.3) is 33.2 Å². The minimum absolute atomic E-state index is 0.376. The van der Waals surface area contributed by atoms with Crippen LogP contribution in [-0.2, 0) is 0 Å². The molecule has 31 heavy (non-hydrogen) atoms. The lowest BCUT2D eigenvalue weighted by Gasteiger charge is -2.10. The molecule has 5 aromatic rings. The molecule has 0 aliphatic carbocycles. The third-order valence-electron chi connectivity index (χ3n) is 4.66. The number of nitrogens with one attached hydrogen (secondary N) is 1. The monoisotopic (exact) mass is 488 g/mol. The molecular formula is C23H14BrClN6. The maximum atomic E-state index is 6.45. The lowest BCUT2D eigenvalue weighted by Crippen LogP contribution is -2.00. The summed E-state index contributed by atoms with van der Waals surface area (Å²) in [5.41, 5.74) is 7.80. The summed E-state index contributed by atoms with van der Waals surface area (Å²) in [4.78, 5) is 17.9. The van der Waals surface area contributed by atoms with Crippen molar-refractivity contribution < 1.29 is 0 Å².